The number of aromatic nitrogens is 1. The van der Waals surface area contributed by atoms with Crippen molar-refractivity contribution in [3.8, 4) is 0 Å². The Morgan fingerprint density at radius 2 is 1.75 bits per heavy atom. The van der Waals surface area contributed by atoms with Gasteiger partial charge in [0, 0.05) is 11.9 Å². The van der Waals surface area contributed by atoms with Crippen LogP contribution in [-0.2, 0) is 9.31 Å². The van der Waals surface area contributed by atoms with Crippen molar-refractivity contribution in [2.75, 3.05) is 0 Å². The fourth-order valence-electron chi connectivity index (χ4n) is 2.04. The summed E-state index contributed by atoms with van der Waals surface area (Å²) in [6.07, 6.45) is 3.88. The van der Waals surface area contributed by atoms with Crippen LogP contribution >= 0.6 is 0 Å². The SMILES string of the molecule is CC(C)c1cc(/C=C/B2OC(C)(C)C(C)(C)O2)ccn1. The van der Waals surface area contributed by atoms with Gasteiger partial charge in [0.2, 0.25) is 0 Å². The summed E-state index contributed by atoms with van der Waals surface area (Å²) < 4.78 is 11.9. The molecule has 1 aromatic rings. The molecule has 2 heterocycles. The van der Waals surface area contributed by atoms with Gasteiger partial charge in [0.1, 0.15) is 0 Å². The van der Waals surface area contributed by atoms with Crippen molar-refractivity contribution in [2.45, 2.75) is 58.7 Å². The molecule has 1 saturated heterocycles. The summed E-state index contributed by atoms with van der Waals surface area (Å²) in [5.41, 5.74) is 1.65. The van der Waals surface area contributed by atoms with Gasteiger partial charge in [0.25, 0.3) is 0 Å². The van der Waals surface area contributed by atoms with E-state index in [9.17, 15) is 0 Å². The van der Waals surface area contributed by atoms with Crippen LogP contribution in [0.25, 0.3) is 6.08 Å². The summed E-state index contributed by atoms with van der Waals surface area (Å²) in [6, 6.07) is 4.10. The van der Waals surface area contributed by atoms with Crippen molar-refractivity contribution in [3.05, 3.63) is 35.6 Å². The van der Waals surface area contributed by atoms with Gasteiger partial charge in [-0.15, -0.1) is 0 Å². The number of nitrogens with zero attached hydrogens (tertiary/aromatic N) is 1. The third kappa shape index (κ3) is 3.13. The third-order valence-electron chi connectivity index (χ3n) is 4.11. The Balaban J connectivity index is 2.10. The first-order chi connectivity index (χ1) is 9.21. The highest BCUT2D eigenvalue weighted by Crippen LogP contribution is 2.37. The van der Waals surface area contributed by atoms with E-state index in [1.807, 2.05) is 24.3 Å². The van der Waals surface area contributed by atoms with Crippen LogP contribution in [0.15, 0.2) is 24.3 Å². The van der Waals surface area contributed by atoms with Crippen LogP contribution in [0.2, 0.25) is 0 Å². The summed E-state index contributed by atoms with van der Waals surface area (Å²) in [7, 11) is -0.296. The van der Waals surface area contributed by atoms with Gasteiger partial charge in [0.05, 0.1) is 11.2 Å². The summed E-state index contributed by atoms with van der Waals surface area (Å²) in [4.78, 5) is 4.37. The molecule has 1 aliphatic heterocycles. The number of hydrogen-bond donors (Lipinski definition) is 0. The second-order valence-corrected chi connectivity index (χ2v) is 6.65. The molecule has 1 fully saturated rings. The van der Waals surface area contributed by atoms with Crippen molar-refractivity contribution in [2.24, 2.45) is 0 Å². The number of pyridine rings is 1. The molecule has 0 radical (unpaired) electrons. The standard InChI is InChI=1S/C16H24BNO2/c1-12(2)14-11-13(8-10-18-14)7-9-17-19-15(3,4)16(5,6)20-17/h7-12H,1-6H3/b9-7+. The van der Waals surface area contributed by atoms with Gasteiger partial charge in [-0.25, -0.2) is 0 Å². The van der Waals surface area contributed by atoms with Crippen LogP contribution in [0.4, 0.5) is 0 Å². The molecule has 0 atom stereocenters. The Morgan fingerprint density at radius 1 is 1.15 bits per heavy atom. The Hall–Kier alpha value is -1.13. The summed E-state index contributed by atoms with van der Waals surface area (Å²) >= 11 is 0. The lowest BCUT2D eigenvalue weighted by Crippen LogP contribution is -2.41. The van der Waals surface area contributed by atoms with Crippen LogP contribution in [0, 0.1) is 0 Å². The molecule has 20 heavy (non-hydrogen) atoms. The Morgan fingerprint density at radius 3 is 2.30 bits per heavy atom. The van der Waals surface area contributed by atoms with Crippen molar-refractivity contribution in [1.82, 2.24) is 4.98 Å². The fraction of sp³-hybridized carbons (Fsp3) is 0.562. The first kappa shape index (κ1) is 15.3. The molecule has 1 aromatic heterocycles. The predicted octanol–water partition coefficient (Wildman–Crippen LogP) is 3.85. The van der Waals surface area contributed by atoms with E-state index in [-0.39, 0.29) is 18.3 Å². The lowest BCUT2D eigenvalue weighted by atomic mass is 9.89. The van der Waals surface area contributed by atoms with Gasteiger partial charge in [-0.3, -0.25) is 4.98 Å². The normalized spacial score (nSPS) is 21.1. The minimum Gasteiger partial charge on any atom is -0.400 e. The van der Waals surface area contributed by atoms with Crippen molar-refractivity contribution >= 4 is 13.2 Å². The van der Waals surface area contributed by atoms with Gasteiger partial charge >= 0.3 is 7.12 Å². The number of hydrogen-bond acceptors (Lipinski definition) is 3. The zero-order valence-electron chi connectivity index (χ0n) is 13.3. The van der Waals surface area contributed by atoms with E-state index in [0.717, 1.165) is 11.3 Å². The van der Waals surface area contributed by atoms with Crippen LogP contribution in [0.3, 0.4) is 0 Å². The Bertz CT molecular complexity index is 493. The second kappa shape index (κ2) is 5.34. The highest BCUT2D eigenvalue weighted by Gasteiger charge is 2.49. The molecule has 1 aliphatic rings. The monoisotopic (exact) mass is 273 g/mol. The van der Waals surface area contributed by atoms with E-state index < -0.39 is 0 Å². The second-order valence-electron chi connectivity index (χ2n) is 6.65. The third-order valence-corrected chi connectivity index (χ3v) is 4.11. The first-order valence-electron chi connectivity index (χ1n) is 7.21. The zero-order valence-corrected chi connectivity index (χ0v) is 13.3. The molecule has 0 bridgehead atoms. The van der Waals surface area contributed by atoms with Gasteiger partial charge < -0.3 is 9.31 Å². The molecule has 0 N–H and O–H groups in total. The maximum absolute atomic E-state index is 5.94. The lowest BCUT2D eigenvalue weighted by molar-refractivity contribution is 0.00578. The van der Waals surface area contributed by atoms with Crippen LogP contribution in [0.5, 0.6) is 0 Å². The number of rotatable bonds is 3. The van der Waals surface area contributed by atoms with E-state index in [2.05, 4.69) is 52.6 Å². The maximum atomic E-state index is 5.94. The average Bonchev–Trinajstić information content (AvgIpc) is 2.56. The highest BCUT2D eigenvalue weighted by molar-refractivity contribution is 6.52. The predicted molar refractivity (Wildman–Crippen MR) is 83.4 cm³/mol. The molecule has 108 valence electrons. The van der Waals surface area contributed by atoms with E-state index >= 15 is 0 Å². The quantitative estimate of drug-likeness (QED) is 0.784. The molecule has 0 aliphatic carbocycles. The molecule has 3 nitrogen and oxygen atoms in total. The van der Waals surface area contributed by atoms with Crippen molar-refractivity contribution in [3.63, 3.8) is 0 Å². The van der Waals surface area contributed by atoms with Crippen molar-refractivity contribution in [1.29, 1.82) is 0 Å². The van der Waals surface area contributed by atoms with E-state index in [1.165, 1.54) is 0 Å². The Labute approximate surface area is 122 Å². The lowest BCUT2D eigenvalue weighted by Gasteiger charge is -2.32. The van der Waals surface area contributed by atoms with E-state index in [0.29, 0.717) is 5.92 Å². The maximum Gasteiger partial charge on any atom is 0.487 e. The molecule has 2 rings (SSSR count). The fourth-order valence-corrected chi connectivity index (χ4v) is 2.04. The molecule has 0 unspecified atom stereocenters. The van der Waals surface area contributed by atoms with E-state index in [1.54, 1.807) is 0 Å². The summed E-state index contributed by atoms with van der Waals surface area (Å²) in [5.74, 6) is 2.40. The minimum absolute atomic E-state index is 0.288. The van der Waals surface area contributed by atoms with Crippen LogP contribution < -0.4 is 0 Å². The largest absolute Gasteiger partial charge is 0.487 e. The molecule has 0 saturated carbocycles. The van der Waals surface area contributed by atoms with Crippen molar-refractivity contribution < 1.29 is 9.31 Å². The smallest absolute Gasteiger partial charge is 0.400 e. The first-order valence-corrected chi connectivity index (χ1v) is 7.21. The molecule has 0 aromatic carbocycles. The average molecular weight is 273 g/mol. The Kier molecular flexibility index (Phi) is 4.08. The summed E-state index contributed by atoms with van der Waals surface area (Å²) in [6.45, 7) is 12.5. The zero-order chi connectivity index (χ0) is 15.0. The molecule has 0 amide bonds. The summed E-state index contributed by atoms with van der Waals surface area (Å²) in [5, 5.41) is 0. The molecule has 4 heteroatoms. The molecule has 0 spiro atoms. The van der Waals surface area contributed by atoms with Gasteiger partial charge in [-0.05, 0) is 51.3 Å². The van der Waals surface area contributed by atoms with Crippen LogP contribution in [-0.4, -0.2) is 23.3 Å². The van der Waals surface area contributed by atoms with Gasteiger partial charge in [0.15, 0.2) is 0 Å². The van der Waals surface area contributed by atoms with Gasteiger partial charge in [-0.1, -0.05) is 25.9 Å². The van der Waals surface area contributed by atoms with Gasteiger partial charge in [-0.2, -0.15) is 0 Å². The molecular formula is C16H24BNO2. The van der Waals surface area contributed by atoms with Crippen LogP contribution in [0.1, 0.15) is 58.7 Å². The highest BCUT2D eigenvalue weighted by atomic mass is 16.7. The molecular weight excluding hydrogens is 249 g/mol. The van der Waals surface area contributed by atoms with E-state index in [4.69, 9.17) is 9.31 Å². The minimum atomic E-state index is -0.296. The topological polar surface area (TPSA) is 31.4 Å².